The molecule has 8 heteroatoms. The van der Waals surface area contributed by atoms with Crippen molar-refractivity contribution in [2.45, 2.75) is 51.5 Å². The zero-order chi connectivity index (χ0) is 25.1. The number of aromatic nitrogens is 1. The normalized spacial score (nSPS) is 15.3. The first-order valence-corrected chi connectivity index (χ1v) is 12.3. The number of hydrogen-bond donors (Lipinski definition) is 2. The third-order valence-corrected chi connectivity index (χ3v) is 7.14. The highest BCUT2D eigenvalue weighted by Gasteiger charge is 2.28. The molecule has 4 rings (SSSR count). The van der Waals surface area contributed by atoms with Crippen LogP contribution in [0.1, 0.15) is 66.6 Å². The van der Waals surface area contributed by atoms with Crippen molar-refractivity contribution < 1.29 is 24.1 Å². The van der Waals surface area contributed by atoms with Gasteiger partial charge in [0, 0.05) is 12.6 Å². The fourth-order valence-electron chi connectivity index (χ4n) is 5.18. The fourth-order valence-corrected chi connectivity index (χ4v) is 5.38. The van der Waals surface area contributed by atoms with E-state index in [9.17, 15) is 24.2 Å². The lowest BCUT2D eigenvalue weighted by molar-refractivity contribution is 0.0693. The first kappa shape index (κ1) is 25.2. The highest BCUT2D eigenvalue weighted by atomic mass is 35.5. The van der Waals surface area contributed by atoms with E-state index in [1.165, 1.54) is 12.3 Å². The second kappa shape index (κ2) is 10.8. The Hall–Kier alpha value is -2.90. The number of carbonyl (C=O) groups is 1. The molecule has 2 aromatic carbocycles. The maximum Gasteiger partial charge on any atom is 0.341 e. The van der Waals surface area contributed by atoms with Crippen LogP contribution in [0, 0.1) is 11.7 Å². The van der Waals surface area contributed by atoms with Crippen molar-refractivity contribution >= 4 is 28.5 Å². The molecule has 3 aromatic rings. The molecule has 1 fully saturated rings. The lowest BCUT2D eigenvalue weighted by Gasteiger charge is -2.32. The number of rotatable bonds is 8. The van der Waals surface area contributed by atoms with Gasteiger partial charge in [-0.15, -0.1) is 0 Å². The van der Waals surface area contributed by atoms with Gasteiger partial charge in [-0.05, 0) is 55.0 Å². The number of nitrogens with zero attached hydrogens (tertiary/aromatic N) is 1. The van der Waals surface area contributed by atoms with Gasteiger partial charge in [-0.3, -0.25) is 4.79 Å². The third kappa shape index (κ3) is 5.07. The van der Waals surface area contributed by atoms with Crippen molar-refractivity contribution in [3.05, 3.63) is 74.3 Å². The molecule has 1 atom stereocenters. The van der Waals surface area contributed by atoms with Crippen molar-refractivity contribution in [3.8, 4) is 5.75 Å². The number of ether oxygens (including phenoxy) is 1. The molecule has 1 unspecified atom stereocenters. The van der Waals surface area contributed by atoms with Gasteiger partial charge in [0.05, 0.1) is 35.2 Å². The van der Waals surface area contributed by atoms with E-state index in [2.05, 4.69) is 0 Å². The summed E-state index contributed by atoms with van der Waals surface area (Å²) in [6.07, 6.45) is 6.52. The van der Waals surface area contributed by atoms with E-state index in [0.717, 1.165) is 32.1 Å². The Bertz CT molecular complexity index is 1300. The molecule has 1 saturated carbocycles. The topological polar surface area (TPSA) is 88.8 Å². The van der Waals surface area contributed by atoms with E-state index >= 15 is 0 Å². The maximum atomic E-state index is 14.6. The molecule has 1 heterocycles. The van der Waals surface area contributed by atoms with Gasteiger partial charge in [0.1, 0.15) is 17.1 Å². The molecule has 6 nitrogen and oxygen atoms in total. The molecular formula is C27H29ClFNO5. The molecule has 0 radical (unpaired) electrons. The lowest BCUT2D eigenvalue weighted by Crippen LogP contribution is -2.28. The van der Waals surface area contributed by atoms with Gasteiger partial charge >= 0.3 is 5.97 Å². The van der Waals surface area contributed by atoms with Gasteiger partial charge in [-0.2, -0.15) is 0 Å². The number of carboxylic acids is 1. The number of carboxylic acid groups (broad SMARTS) is 1. The summed E-state index contributed by atoms with van der Waals surface area (Å²) in [6, 6.07) is 7.67. The molecule has 35 heavy (non-hydrogen) atoms. The molecule has 0 amide bonds. The van der Waals surface area contributed by atoms with Crippen molar-refractivity contribution in [2.75, 3.05) is 13.2 Å². The summed E-state index contributed by atoms with van der Waals surface area (Å²) in [6.45, 7) is 1.93. The zero-order valence-electron chi connectivity index (χ0n) is 19.6. The Morgan fingerprint density at radius 1 is 1.26 bits per heavy atom. The van der Waals surface area contributed by atoms with Crippen molar-refractivity contribution in [1.29, 1.82) is 0 Å². The number of aromatic carboxylic acids is 1. The minimum Gasteiger partial charge on any atom is -0.492 e. The first-order chi connectivity index (χ1) is 16.8. The summed E-state index contributed by atoms with van der Waals surface area (Å²) in [5, 5.41) is 20.3. The Balaban J connectivity index is 1.96. The number of pyridine rings is 1. The summed E-state index contributed by atoms with van der Waals surface area (Å²) >= 11 is 5.94. The minimum absolute atomic E-state index is 0.00195. The second-order valence-electron chi connectivity index (χ2n) is 9.05. The molecule has 1 aliphatic rings. The average molecular weight is 502 g/mol. The Morgan fingerprint density at radius 3 is 2.66 bits per heavy atom. The summed E-state index contributed by atoms with van der Waals surface area (Å²) in [4.78, 5) is 25.3. The monoisotopic (exact) mass is 501 g/mol. The van der Waals surface area contributed by atoms with Crippen molar-refractivity contribution in [2.24, 2.45) is 5.92 Å². The molecule has 0 aliphatic heterocycles. The molecule has 1 aliphatic carbocycles. The molecule has 186 valence electrons. The van der Waals surface area contributed by atoms with Crippen molar-refractivity contribution in [3.63, 3.8) is 0 Å². The van der Waals surface area contributed by atoms with Crippen LogP contribution in [0.25, 0.3) is 10.9 Å². The quantitative estimate of drug-likeness (QED) is 0.419. The van der Waals surface area contributed by atoms with Crippen LogP contribution in [0.15, 0.2) is 41.3 Å². The molecule has 1 aromatic heterocycles. The van der Waals surface area contributed by atoms with Crippen LogP contribution < -0.4 is 10.2 Å². The van der Waals surface area contributed by atoms with Gasteiger partial charge in [-0.1, -0.05) is 43.0 Å². The number of aliphatic hydroxyl groups excluding tert-OH is 1. The standard InChI is InChI=1S/C27H29ClFNO5/c1-2-35-23-13-16(11-18-9-6-10-21(28)24(18)29)12-19-25(23)30(14-20(26(19)32)27(33)34)22(15-31)17-7-4-3-5-8-17/h6,9-10,12-14,17,22,31H,2-5,7-8,11,15H2,1H3,(H,33,34). The van der Waals surface area contributed by atoms with Gasteiger partial charge in [-0.25, -0.2) is 9.18 Å². The lowest BCUT2D eigenvalue weighted by atomic mass is 9.83. The summed E-state index contributed by atoms with van der Waals surface area (Å²) < 4.78 is 22.2. The average Bonchev–Trinajstić information content (AvgIpc) is 2.84. The largest absolute Gasteiger partial charge is 0.492 e. The van der Waals surface area contributed by atoms with Gasteiger partial charge in [0.25, 0.3) is 0 Å². The Labute approximate surface area is 207 Å². The number of aliphatic hydroxyl groups is 1. The predicted octanol–water partition coefficient (Wildman–Crippen LogP) is 5.60. The van der Waals surface area contributed by atoms with Crippen LogP contribution in [0.5, 0.6) is 5.75 Å². The van der Waals surface area contributed by atoms with Crippen molar-refractivity contribution in [1.82, 2.24) is 4.57 Å². The molecule has 0 saturated heterocycles. The third-order valence-electron chi connectivity index (χ3n) is 6.85. The van der Waals surface area contributed by atoms with Crippen LogP contribution in [-0.4, -0.2) is 34.0 Å². The van der Waals surface area contributed by atoms with Gasteiger partial charge in [0.15, 0.2) is 0 Å². The first-order valence-electron chi connectivity index (χ1n) is 12.0. The molecule has 2 N–H and O–H groups in total. The van der Waals surface area contributed by atoms with E-state index in [-0.39, 0.29) is 34.9 Å². The van der Waals surface area contributed by atoms with Crippen LogP contribution in [0.4, 0.5) is 4.39 Å². The number of benzene rings is 2. The van der Waals surface area contributed by atoms with E-state index < -0.39 is 23.3 Å². The molecular weight excluding hydrogens is 473 g/mol. The van der Waals surface area contributed by atoms with E-state index in [0.29, 0.717) is 29.0 Å². The highest BCUT2D eigenvalue weighted by molar-refractivity contribution is 6.30. The number of fused-ring (bicyclic) bond motifs is 1. The fraction of sp³-hybridized carbons (Fsp3) is 0.407. The zero-order valence-corrected chi connectivity index (χ0v) is 20.4. The SMILES string of the molecule is CCOc1cc(Cc2cccc(Cl)c2F)cc2c(=O)c(C(=O)O)cn(C(CO)C3CCCCC3)c12. The molecule has 0 bridgehead atoms. The Kier molecular flexibility index (Phi) is 7.77. The summed E-state index contributed by atoms with van der Waals surface area (Å²) in [7, 11) is 0. The summed E-state index contributed by atoms with van der Waals surface area (Å²) in [5.41, 5.74) is 0.372. The van der Waals surface area contributed by atoms with Crippen LogP contribution in [0.3, 0.4) is 0 Å². The number of hydrogen-bond acceptors (Lipinski definition) is 4. The summed E-state index contributed by atoms with van der Waals surface area (Å²) in [5.74, 6) is -1.33. The Morgan fingerprint density at radius 2 is 2.00 bits per heavy atom. The predicted molar refractivity (Wildman–Crippen MR) is 133 cm³/mol. The van der Waals surface area contributed by atoms with E-state index in [1.54, 1.807) is 28.8 Å². The van der Waals surface area contributed by atoms with Gasteiger partial charge in [0.2, 0.25) is 5.43 Å². The van der Waals surface area contributed by atoms with Gasteiger partial charge < -0.3 is 19.5 Å². The van der Waals surface area contributed by atoms with E-state index in [1.807, 2.05) is 6.92 Å². The van der Waals surface area contributed by atoms with Crippen LogP contribution in [-0.2, 0) is 6.42 Å². The second-order valence-corrected chi connectivity index (χ2v) is 9.45. The molecule has 0 spiro atoms. The number of halogens is 2. The van der Waals surface area contributed by atoms with E-state index in [4.69, 9.17) is 16.3 Å². The smallest absolute Gasteiger partial charge is 0.341 e. The van der Waals surface area contributed by atoms with Crippen LogP contribution >= 0.6 is 11.6 Å². The highest BCUT2D eigenvalue weighted by Crippen LogP contribution is 2.37. The van der Waals surface area contributed by atoms with Crippen LogP contribution in [0.2, 0.25) is 5.02 Å². The maximum absolute atomic E-state index is 14.6. The minimum atomic E-state index is -1.34.